The van der Waals surface area contributed by atoms with Crippen LogP contribution in [0.25, 0.3) is 0 Å². The molecule has 12 N–H and O–H groups in total. The summed E-state index contributed by atoms with van der Waals surface area (Å²) in [7, 11) is 0. The van der Waals surface area contributed by atoms with Crippen molar-refractivity contribution in [2.45, 2.75) is 114 Å². The number of hydrogen-bond donors (Lipinski definition) is 12. The molecule has 0 aromatic carbocycles. The van der Waals surface area contributed by atoms with E-state index in [4.69, 9.17) is 10.2 Å². The molecule has 0 saturated carbocycles. The Hall–Kier alpha value is -1.46. The molecule has 8 atom stereocenters. The second-order valence-corrected chi connectivity index (χ2v) is 10.2. The Morgan fingerprint density at radius 3 is 1.21 bits per heavy atom. The summed E-state index contributed by atoms with van der Waals surface area (Å²) in [5.41, 5.74) is -0.780. The Morgan fingerprint density at radius 2 is 0.923 bits per heavy atom. The molecule has 0 unspecified atom stereocenters. The Morgan fingerprint density at radius 1 is 0.590 bits per heavy atom. The van der Waals surface area contributed by atoms with Gasteiger partial charge in [0.15, 0.2) is 12.2 Å². The van der Waals surface area contributed by atoms with Gasteiger partial charge in [-0.1, -0.05) is 52.4 Å². The van der Waals surface area contributed by atoms with Crippen LogP contribution < -0.4 is 10.6 Å². The first-order valence-corrected chi connectivity index (χ1v) is 13.5. The molecule has 0 bridgehead atoms. The number of hydrogen-bond acceptors (Lipinski definition) is 12. The minimum atomic E-state index is -2.13. The topological polar surface area (TPSA) is 260 Å². The van der Waals surface area contributed by atoms with Crippen LogP contribution in [0.3, 0.4) is 0 Å². The summed E-state index contributed by atoms with van der Waals surface area (Å²) in [4.78, 5) is 25.2. The molecule has 0 saturated heterocycles. The molecule has 0 fully saturated rings. The minimum Gasteiger partial charge on any atom is -0.394 e. The van der Waals surface area contributed by atoms with E-state index in [1.807, 2.05) is 13.8 Å². The Kier molecular flexibility index (Phi) is 18.9. The molecule has 14 nitrogen and oxygen atoms in total. The van der Waals surface area contributed by atoms with Crippen molar-refractivity contribution in [3.63, 3.8) is 0 Å². The van der Waals surface area contributed by atoms with Crippen molar-refractivity contribution in [3.05, 3.63) is 0 Å². The van der Waals surface area contributed by atoms with Crippen LogP contribution in [-0.4, -0.2) is 138 Å². The van der Waals surface area contributed by atoms with Crippen molar-refractivity contribution in [1.29, 1.82) is 0 Å². The molecule has 0 aliphatic rings. The monoisotopic (exact) mass is 570 g/mol. The second kappa shape index (κ2) is 19.6. The SMILES string of the molecule is CCCCCC(CCCCC)(CNC(=O)[C@H](O)[C@@H](O)[C@H](O)[C@H](O)CO)CNC(=O)[C@H](O)[C@@H](O)[C@H](O)[C@H](O)CO. The maximum absolute atomic E-state index is 12.6. The fourth-order valence-electron chi connectivity index (χ4n) is 4.15. The van der Waals surface area contributed by atoms with E-state index in [1.165, 1.54) is 0 Å². The van der Waals surface area contributed by atoms with Gasteiger partial charge >= 0.3 is 0 Å². The van der Waals surface area contributed by atoms with Crippen LogP contribution in [0, 0.1) is 5.41 Å². The van der Waals surface area contributed by atoms with Crippen LogP contribution in [0.5, 0.6) is 0 Å². The largest absolute Gasteiger partial charge is 0.394 e. The van der Waals surface area contributed by atoms with E-state index in [-0.39, 0.29) is 13.1 Å². The van der Waals surface area contributed by atoms with Gasteiger partial charge in [-0.25, -0.2) is 0 Å². The highest BCUT2D eigenvalue weighted by Crippen LogP contribution is 2.31. The highest BCUT2D eigenvalue weighted by atomic mass is 16.4. The van der Waals surface area contributed by atoms with Crippen LogP contribution in [-0.2, 0) is 9.59 Å². The standard InChI is InChI=1S/C25H50N2O12/c1-3-5-7-9-25(10-8-6-4-2,13-26-23(38)21(36)19(34)17(32)15(30)11-28)14-27-24(39)22(37)20(35)18(33)16(31)12-29/h15-22,28-37H,3-14H2,1-2H3,(H,26,38)(H,27,39)/t15-,16-,17-,18-,19+,20+,21-,22-/m1/s1. The predicted molar refractivity (Wildman–Crippen MR) is 139 cm³/mol. The first-order chi connectivity index (χ1) is 18.3. The summed E-state index contributed by atoms with van der Waals surface area (Å²) in [6, 6.07) is 0. The summed E-state index contributed by atoms with van der Waals surface area (Å²) in [6.07, 6.45) is -10.0. The average molecular weight is 571 g/mol. The highest BCUT2D eigenvalue weighted by molar-refractivity contribution is 5.82. The van der Waals surface area contributed by atoms with Crippen molar-refractivity contribution in [2.75, 3.05) is 26.3 Å². The first kappa shape index (κ1) is 37.5. The van der Waals surface area contributed by atoms with Gasteiger partial charge in [-0.05, 0) is 12.8 Å². The zero-order chi connectivity index (χ0) is 30.2. The molecule has 2 amide bonds. The van der Waals surface area contributed by atoms with Gasteiger partial charge in [-0.2, -0.15) is 0 Å². The highest BCUT2D eigenvalue weighted by Gasteiger charge is 2.38. The second-order valence-electron chi connectivity index (χ2n) is 10.2. The van der Waals surface area contributed by atoms with Crippen molar-refractivity contribution in [3.8, 4) is 0 Å². The summed E-state index contributed by atoms with van der Waals surface area (Å²) < 4.78 is 0. The molecule has 0 heterocycles. The summed E-state index contributed by atoms with van der Waals surface area (Å²) in [5.74, 6) is -2.10. The van der Waals surface area contributed by atoms with E-state index in [1.54, 1.807) is 0 Å². The molecule has 0 aromatic heterocycles. The average Bonchev–Trinajstić information content (AvgIpc) is 2.95. The molecule has 0 aliphatic carbocycles. The fourth-order valence-corrected chi connectivity index (χ4v) is 4.15. The van der Waals surface area contributed by atoms with E-state index in [0.717, 1.165) is 25.7 Å². The normalized spacial score (nSPS) is 18.4. The summed E-state index contributed by atoms with van der Waals surface area (Å²) in [5, 5.41) is 102. The quantitative estimate of drug-likeness (QED) is 0.0560. The number of amides is 2. The lowest BCUT2D eigenvalue weighted by molar-refractivity contribution is -0.149. The predicted octanol–water partition coefficient (Wildman–Crippen LogP) is -3.76. The van der Waals surface area contributed by atoms with Crippen LogP contribution in [0.15, 0.2) is 0 Å². The van der Waals surface area contributed by atoms with Gasteiger partial charge in [0.2, 0.25) is 0 Å². The van der Waals surface area contributed by atoms with Crippen LogP contribution in [0.2, 0.25) is 0 Å². The zero-order valence-corrected chi connectivity index (χ0v) is 22.9. The third-order valence-electron chi connectivity index (χ3n) is 6.94. The van der Waals surface area contributed by atoms with E-state index >= 15 is 0 Å². The Labute approximate surface area is 229 Å². The van der Waals surface area contributed by atoms with Gasteiger partial charge < -0.3 is 61.7 Å². The molecule has 0 spiro atoms. The van der Waals surface area contributed by atoms with E-state index < -0.39 is 79.3 Å². The lowest BCUT2D eigenvalue weighted by atomic mass is 9.77. The lowest BCUT2D eigenvalue weighted by Crippen LogP contribution is -2.55. The molecular formula is C25H50N2O12. The van der Waals surface area contributed by atoms with E-state index in [0.29, 0.717) is 25.7 Å². The number of carbonyl (C=O) groups excluding carboxylic acids is 2. The number of carbonyl (C=O) groups is 2. The zero-order valence-electron chi connectivity index (χ0n) is 22.9. The van der Waals surface area contributed by atoms with Crippen molar-refractivity contribution in [1.82, 2.24) is 10.6 Å². The van der Waals surface area contributed by atoms with Gasteiger partial charge in [0.05, 0.1) is 13.2 Å². The number of aliphatic hydroxyl groups is 10. The molecule has 0 aromatic rings. The fraction of sp³-hybridized carbons (Fsp3) is 0.920. The van der Waals surface area contributed by atoms with E-state index in [9.17, 15) is 50.4 Å². The Bertz CT molecular complexity index is 629. The number of rotatable bonds is 22. The third kappa shape index (κ3) is 12.7. The van der Waals surface area contributed by atoms with Crippen LogP contribution >= 0.6 is 0 Å². The number of aliphatic hydroxyl groups excluding tert-OH is 10. The van der Waals surface area contributed by atoms with E-state index in [2.05, 4.69) is 10.6 Å². The maximum atomic E-state index is 12.6. The van der Waals surface area contributed by atoms with Crippen molar-refractivity contribution in [2.24, 2.45) is 5.41 Å². The molecule has 39 heavy (non-hydrogen) atoms. The van der Waals surface area contributed by atoms with Gasteiger partial charge in [-0.3, -0.25) is 9.59 Å². The molecule has 0 rings (SSSR count). The minimum absolute atomic E-state index is 0.0769. The number of unbranched alkanes of at least 4 members (excludes halogenated alkanes) is 4. The van der Waals surface area contributed by atoms with Gasteiger partial charge in [0.25, 0.3) is 11.8 Å². The van der Waals surface area contributed by atoms with Gasteiger partial charge in [0, 0.05) is 18.5 Å². The lowest BCUT2D eigenvalue weighted by Gasteiger charge is -2.36. The van der Waals surface area contributed by atoms with Gasteiger partial charge in [-0.15, -0.1) is 0 Å². The molecule has 232 valence electrons. The summed E-state index contributed by atoms with van der Waals surface area (Å²) >= 11 is 0. The van der Waals surface area contributed by atoms with Crippen molar-refractivity contribution >= 4 is 11.8 Å². The molecule has 0 aliphatic heterocycles. The molecule has 14 heteroatoms. The Balaban J connectivity index is 5.67. The molecular weight excluding hydrogens is 520 g/mol. The third-order valence-corrected chi connectivity index (χ3v) is 6.94. The maximum Gasteiger partial charge on any atom is 0.251 e. The smallest absolute Gasteiger partial charge is 0.251 e. The van der Waals surface area contributed by atoms with Gasteiger partial charge in [0.1, 0.15) is 36.6 Å². The first-order valence-electron chi connectivity index (χ1n) is 13.5. The number of nitrogens with one attached hydrogen (secondary N) is 2. The summed E-state index contributed by atoms with van der Waals surface area (Å²) in [6.45, 7) is 2.03. The van der Waals surface area contributed by atoms with Crippen LogP contribution in [0.4, 0.5) is 0 Å². The van der Waals surface area contributed by atoms with Crippen molar-refractivity contribution < 1.29 is 60.7 Å². The molecule has 0 radical (unpaired) electrons. The van der Waals surface area contributed by atoms with Crippen LogP contribution in [0.1, 0.15) is 65.2 Å².